The van der Waals surface area contributed by atoms with E-state index >= 15 is 0 Å². The van der Waals surface area contributed by atoms with E-state index in [2.05, 4.69) is 81.5 Å². The number of unbranched alkanes of at least 4 members (excludes halogenated alkanes) is 24. The van der Waals surface area contributed by atoms with Crippen molar-refractivity contribution in [1.82, 2.24) is 0 Å². The Hall–Kier alpha value is -2.89. The minimum Gasteiger partial charge on any atom is -0.462 e. The van der Waals surface area contributed by atoms with Crippen LogP contribution in [0.2, 0.25) is 0 Å². The smallest absolute Gasteiger partial charge is 0.306 e. The van der Waals surface area contributed by atoms with Gasteiger partial charge in [-0.25, -0.2) is 0 Å². The molecule has 1 atom stereocenters. The van der Waals surface area contributed by atoms with Gasteiger partial charge in [0.1, 0.15) is 13.2 Å². The van der Waals surface area contributed by atoms with Crippen molar-refractivity contribution in [2.75, 3.05) is 13.2 Å². The number of hydrogen-bond acceptors (Lipinski definition) is 6. The minimum absolute atomic E-state index is 0.0829. The lowest BCUT2D eigenvalue weighted by molar-refractivity contribution is -0.167. The lowest BCUT2D eigenvalue weighted by Crippen LogP contribution is -2.30. The van der Waals surface area contributed by atoms with Crippen LogP contribution in [-0.2, 0) is 28.6 Å². The highest BCUT2D eigenvalue weighted by atomic mass is 16.6. The molecule has 0 fully saturated rings. The topological polar surface area (TPSA) is 78.9 Å². The van der Waals surface area contributed by atoms with Gasteiger partial charge in [0.25, 0.3) is 0 Å². The first kappa shape index (κ1) is 57.1. The summed E-state index contributed by atoms with van der Waals surface area (Å²) in [7, 11) is 0. The molecule has 0 aliphatic rings. The van der Waals surface area contributed by atoms with Crippen molar-refractivity contribution in [2.24, 2.45) is 0 Å². The summed E-state index contributed by atoms with van der Waals surface area (Å²) in [6.07, 6.45) is 59.2. The van der Waals surface area contributed by atoms with Crippen LogP contribution in [0.4, 0.5) is 0 Å². The van der Waals surface area contributed by atoms with Crippen molar-refractivity contribution in [2.45, 2.75) is 252 Å². The van der Waals surface area contributed by atoms with Crippen molar-refractivity contribution < 1.29 is 28.6 Å². The molecule has 0 saturated heterocycles. The van der Waals surface area contributed by atoms with Gasteiger partial charge in [0.05, 0.1) is 0 Å². The molecular formula is C54H94O6. The summed E-state index contributed by atoms with van der Waals surface area (Å²) in [4.78, 5) is 37.8. The maximum Gasteiger partial charge on any atom is 0.306 e. The zero-order chi connectivity index (χ0) is 43.7. The molecule has 0 aromatic rings. The van der Waals surface area contributed by atoms with E-state index in [1.54, 1.807) is 0 Å². The van der Waals surface area contributed by atoms with Gasteiger partial charge in [0, 0.05) is 19.3 Å². The number of esters is 3. The standard InChI is InChI=1S/C54H94O6/c1-4-7-10-13-16-19-21-23-25-27-29-31-33-35-38-41-44-47-53(56)59-50-51(49-58-52(55)46-43-40-37-18-15-12-9-6-3)60-54(57)48-45-42-39-36-34-32-30-28-26-24-22-20-17-14-11-8-5-2/h7,10,16,19,23-26,29,31,51H,4-6,8-9,11-15,17-18,20-22,27-28,30,32-50H2,1-3H3/b10-7-,19-16-,25-23-,26-24-,31-29-. The summed E-state index contributed by atoms with van der Waals surface area (Å²) < 4.78 is 16.7. The van der Waals surface area contributed by atoms with E-state index in [1.165, 1.54) is 109 Å². The van der Waals surface area contributed by atoms with Gasteiger partial charge >= 0.3 is 17.9 Å². The SMILES string of the molecule is CC/C=C\C/C=C\C/C=C\C/C=C\CCCCCCC(=O)OCC(COC(=O)CCCCCCCCCC)OC(=O)CCCCCCCCC/C=C\CCCCCCCC. The van der Waals surface area contributed by atoms with Gasteiger partial charge in [-0.2, -0.15) is 0 Å². The second-order valence-corrected chi connectivity index (χ2v) is 16.7. The molecule has 0 aromatic heterocycles. The molecule has 0 spiro atoms. The van der Waals surface area contributed by atoms with Gasteiger partial charge in [-0.05, 0) is 83.5 Å². The van der Waals surface area contributed by atoms with Crippen LogP contribution in [0.15, 0.2) is 60.8 Å². The van der Waals surface area contributed by atoms with Crippen LogP contribution in [0.25, 0.3) is 0 Å². The third-order valence-electron chi connectivity index (χ3n) is 10.8. The first-order valence-electron chi connectivity index (χ1n) is 25.3. The fraction of sp³-hybridized carbons (Fsp3) is 0.759. The molecule has 6 heteroatoms. The summed E-state index contributed by atoms with van der Waals surface area (Å²) in [6, 6.07) is 0. The van der Waals surface area contributed by atoms with Crippen molar-refractivity contribution in [1.29, 1.82) is 0 Å². The fourth-order valence-corrected chi connectivity index (χ4v) is 6.96. The molecule has 6 nitrogen and oxygen atoms in total. The highest BCUT2D eigenvalue weighted by molar-refractivity contribution is 5.71. The Bertz CT molecular complexity index is 1100. The zero-order valence-corrected chi connectivity index (χ0v) is 39.5. The van der Waals surface area contributed by atoms with Gasteiger partial charge in [-0.3, -0.25) is 14.4 Å². The van der Waals surface area contributed by atoms with Crippen LogP contribution in [-0.4, -0.2) is 37.2 Å². The lowest BCUT2D eigenvalue weighted by atomic mass is 10.1. The third kappa shape index (κ3) is 46.2. The maximum atomic E-state index is 12.8. The van der Waals surface area contributed by atoms with Crippen LogP contribution in [0, 0.1) is 0 Å². The Kier molecular flexibility index (Phi) is 46.4. The highest BCUT2D eigenvalue weighted by Crippen LogP contribution is 2.14. The van der Waals surface area contributed by atoms with E-state index in [0.717, 1.165) is 96.3 Å². The number of rotatable bonds is 45. The predicted molar refractivity (Wildman–Crippen MR) is 256 cm³/mol. The quantitative estimate of drug-likeness (QED) is 0.0263. The number of hydrogen-bond donors (Lipinski definition) is 0. The Morgan fingerprint density at radius 2 is 0.650 bits per heavy atom. The predicted octanol–water partition coefficient (Wildman–Crippen LogP) is 16.5. The molecular weight excluding hydrogens is 745 g/mol. The molecule has 0 bridgehead atoms. The summed E-state index contributed by atoms with van der Waals surface area (Å²) >= 11 is 0. The summed E-state index contributed by atoms with van der Waals surface area (Å²) in [5.74, 6) is -0.913. The van der Waals surface area contributed by atoms with Gasteiger partial charge in [0.2, 0.25) is 0 Å². The van der Waals surface area contributed by atoms with E-state index in [-0.39, 0.29) is 31.1 Å². The molecule has 0 radical (unpaired) electrons. The van der Waals surface area contributed by atoms with E-state index in [0.29, 0.717) is 19.3 Å². The van der Waals surface area contributed by atoms with Crippen molar-refractivity contribution >= 4 is 17.9 Å². The molecule has 60 heavy (non-hydrogen) atoms. The number of carbonyl (C=O) groups is 3. The molecule has 0 rings (SSSR count). The summed E-state index contributed by atoms with van der Waals surface area (Å²) in [5, 5.41) is 0. The van der Waals surface area contributed by atoms with Gasteiger partial charge in [-0.1, -0.05) is 204 Å². The molecule has 0 aromatic carbocycles. The van der Waals surface area contributed by atoms with Crippen LogP contribution in [0.5, 0.6) is 0 Å². The van der Waals surface area contributed by atoms with Crippen LogP contribution < -0.4 is 0 Å². The first-order valence-corrected chi connectivity index (χ1v) is 25.3. The second-order valence-electron chi connectivity index (χ2n) is 16.7. The van der Waals surface area contributed by atoms with Gasteiger partial charge < -0.3 is 14.2 Å². The molecule has 1 unspecified atom stereocenters. The van der Waals surface area contributed by atoms with Crippen molar-refractivity contribution in [3.05, 3.63) is 60.8 Å². The summed E-state index contributed by atoms with van der Waals surface area (Å²) in [6.45, 7) is 6.47. The third-order valence-corrected chi connectivity index (χ3v) is 10.8. The number of carbonyl (C=O) groups excluding carboxylic acids is 3. The molecule has 0 amide bonds. The Morgan fingerprint density at radius 1 is 0.350 bits per heavy atom. The van der Waals surface area contributed by atoms with Gasteiger partial charge in [-0.15, -0.1) is 0 Å². The fourth-order valence-electron chi connectivity index (χ4n) is 6.96. The maximum absolute atomic E-state index is 12.8. The highest BCUT2D eigenvalue weighted by Gasteiger charge is 2.19. The van der Waals surface area contributed by atoms with Crippen LogP contribution in [0.3, 0.4) is 0 Å². The molecule has 0 aliphatic heterocycles. The van der Waals surface area contributed by atoms with Crippen molar-refractivity contribution in [3.8, 4) is 0 Å². The lowest BCUT2D eigenvalue weighted by Gasteiger charge is -2.18. The molecule has 0 aliphatic carbocycles. The number of ether oxygens (including phenoxy) is 3. The van der Waals surface area contributed by atoms with Crippen molar-refractivity contribution in [3.63, 3.8) is 0 Å². The average Bonchev–Trinajstić information content (AvgIpc) is 3.24. The second kappa shape index (κ2) is 48.8. The van der Waals surface area contributed by atoms with E-state index in [1.807, 2.05) is 0 Å². The normalized spacial score (nSPS) is 12.5. The molecule has 0 heterocycles. The monoisotopic (exact) mass is 839 g/mol. The minimum atomic E-state index is -0.783. The Morgan fingerprint density at radius 3 is 1.03 bits per heavy atom. The summed E-state index contributed by atoms with van der Waals surface area (Å²) in [5.41, 5.74) is 0. The Labute approximate surface area is 370 Å². The first-order chi connectivity index (χ1) is 29.5. The number of allylic oxidation sites excluding steroid dienone is 10. The average molecular weight is 839 g/mol. The Balaban J connectivity index is 4.35. The van der Waals surface area contributed by atoms with E-state index in [9.17, 15) is 14.4 Å². The largest absolute Gasteiger partial charge is 0.462 e. The molecule has 346 valence electrons. The van der Waals surface area contributed by atoms with Gasteiger partial charge in [0.15, 0.2) is 6.10 Å². The zero-order valence-electron chi connectivity index (χ0n) is 39.5. The van der Waals surface area contributed by atoms with Crippen LogP contribution in [0.1, 0.15) is 245 Å². The van der Waals surface area contributed by atoms with E-state index in [4.69, 9.17) is 14.2 Å². The van der Waals surface area contributed by atoms with E-state index < -0.39 is 6.10 Å². The molecule has 0 saturated carbocycles. The van der Waals surface area contributed by atoms with Crippen LogP contribution >= 0.6 is 0 Å². The molecule has 0 N–H and O–H groups in total.